The molecule has 0 radical (unpaired) electrons. The number of anilines is 2. The van der Waals surface area contributed by atoms with Gasteiger partial charge in [0, 0.05) is 43.6 Å². The van der Waals surface area contributed by atoms with E-state index in [-0.39, 0.29) is 18.1 Å². The minimum atomic E-state index is -0.386. The van der Waals surface area contributed by atoms with Gasteiger partial charge in [-0.25, -0.2) is 4.79 Å². The summed E-state index contributed by atoms with van der Waals surface area (Å²) in [5.74, 6) is -0.386. The van der Waals surface area contributed by atoms with Crippen molar-refractivity contribution in [2.24, 2.45) is 0 Å². The van der Waals surface area contributed by atoms with Gasteiger partial charge < -0.3 is 24.4 Å². The average molecular weight is 498 g/mol. The van der Waals surface area contributed by atoms with Gasteiger partial charge >= 0.3 is 5.97 Å². The first-order valence-electron chi connectivity index (χ1n) is 11.6. The fraction of sp³-hybridized carbons (Fsp3) is 0.179. The quantitative estimate of drug-likeness (QED) is 0.300. The van der Waals surface area contributed by atoms with Crippen molar-refractivity contribution in [2.75, 3.05) is 31.0 Å². The van der Waals surface area contributed by atoms with E-state index < -0.39 is 0 Å². The van der Waals surface area contributed by atoms with E-state index in [2.05, 4.69) is 50.4 Å². The van der Waals surface area contributed by atoms with Crippen LogP contribution in [0.15, 0.2) is 91.3 Å². The van der Waals surface area contributed by atoms with Gasteiger partial charge in [0.1, 0.15) is 6.04 Å². The molecule has 4 aromatic rings. The van der Waals surface area contributed by atoms with Crippen LogP contribution in [0, 0.1) is 0 Å². The Bertz CT molecular complexity index is 1380. The predicted octanol–water partition coefficient (Wildman–Crippen LogP) is 4.90. The SMILES string of the molecule is COC(=O)c1ccccc1-n1cccc1C1C(c2ccccn2)NC(=S)N1c1ccc(N(C)C)cc1. The maximum Gasteiger partial charge on any atom is 0.339 e. The molecule has 0 spiro atoms. The number of carbonyl (C=O) groups is 1. The van der Waals surface area contributed by atoms with Gasteiger partial charge in [0.25, 0.3) is 0 Å². The van der Waals surface area contributed by atoms with Crippen LogP contribution in [-0.4, -0.2) is 41.8 Å². The highest BCUT2D eigenvalue weighted by atomic mass is 32.1. The number of hydrogen-bond donors (Lipinski definition) is 1. The van der Waals surface area contributed by atoms with Crippen LogP contribution in [0.4, 0.5) is 11.4 Å². The molecule has 182 valence electrons. The van der Waals surface area contributed by atoms with Crippen molar-refractivity contribution in [3.8, 4) is 5.69 Å². The van der Waals surface area contributed by atoms with Crippen LogP contribution in [0.25, 0.3) is 5.69 Å². The number of para-hydroxylation sites is 1. The highest BCUT2D eigenvalue weighted by Gasteiger charge is 2.42. The maximum absolute atomic E-state index is 12.6. The Hall–Kier alpha value is -4.17. The van der Waals surface area contributed by atoms with E-state index in [4.69, 9.17) is 17.0 Å². The molecule has 2 aromatic heterocycles. The third-order valence-electron chi connectivity index (χ3n) is 6.39. The zero-order valence-corrected chi connectivity index (χ0v) is 21.1. The molecule has 8 heteroatoms. The van der Waals surface area contributed by atoms with Crippen molar-refractivity contribution < 1.29 is 9.53 Å². The minimum Gasteiger partial charge on any atom is -0.465 e. The summed E-state index contributed by atoms with van der Waals surface area (Å²) in [6.07, 6.45) is 3.75. The van der Waals surface area contributed by atoms with Crippen molar-refractivity contribution in [3.05, 3.63) is 108 Å². The third kappa shape index (κ3) is 4.20. The van der Waals surface area contributed by atoms with Gasteiger partial charge in [-0.15, -0.1) is 0 Å². The zero-order chi connectivity index (χ0) is 25.2. The van der Waals surface area contributed by atoms with E-state index in [0.717, 1.165) is 28.5 Å². The fourth-order valence-electron chi connectivity index (χ4n) is 4.67. The molecule has 1 fully saturated rings. The fourth-order valence-corrected chi connectivity index (χ4v) is 5.01. The summed E-state index contributed by atoms with van der Waals surface area (Å²) in [4.78, 5) is 21.4. The Morgan fingerprint density at radius 1 is 1.00 bits per heavy atom. The normalized spacial score (nSPS) is 17.1. The van der Waals surface area contributed by atoms with Gasteiger partial charge in [-0.05, 0) is 72.9 Å². The second-order valence-electron chi connectivity index (χ2n) is 8.72. The molecular formula is C28H27N5O2S. The van der Waals surface area contributed by atoms with E-state index in [1.165, 1.54) is 7.11 Å². The van der Waals surface area contributed by atoms with Crippen molar-refractivity contribution >= 4 is 34.7 Å². The summed E-state index contributed by atoms with van der Waals surface area (Å²) in [6, 6.07) is 25.2. The summed E-state index contributed by atoms with van der Waals surface area (Å²) in [6.45, 7) is 0. The Balaban J connectivity index is 1.66. The summed E-state index contributed by atoms with van der Waals surface area (Å²) in [7, 11) is 5.43. The highest BCUT2D eigenvalue weighted by Crippen LogP contribution is 2.42. The van der Waals surface area contributed by atoms with E-state index in [9.17, 15) is 4.79 Å². The molecule has 0 aliphatic carbocycles. The van der Waals surface area contributed by atoms with Gasteiger partial charge in [-0.1, -0.05) is 18.2 Å². The first-order chi connectivity index (χ1) is 17.5. The van der Waals surface area contributed by atoms with E-state index in [1.807, 2.05) is 67.3 Å². The Morgan fingerprint density at radius 2 is 1.75 bits per heavy atom. The first-order valence-corrected chi connectivity index (χ1v) is 12.0. The highest BCUT2D eigenvalue weighted by molar-refractivity contribution is 7.80. The molecule has 0 saturated carbocycles. The molecule has 0 amide bonds. The Kier molecular flexibility index (Phi) is 6.43. The summed E-state index contributed by atoms with van der Waals surface area (Å²) < 4.78 is 7.09. The lowest BCUT2D eigenvalue weighted by molar-refractivity contribution is 0.0600. The summed E-state index contributed by atoms with van der Waals surface area (Å²) in [5, 5.41) is 4.11. The number of ether oxygens (including phenoxy) is 1. The first kappa shape index (κ1) is 23.6. The number of methoxy groups -OCH3 is 1. The molecule has 3 heterocycles. The molecule has 0 bridgehead atoms. The lowest BCUT2D eigenvalue weighted by Crippen LogP contribution is -2.30. The van der Waals surface area contributed by atoms with Crippen LogP contribution in [0.2, 0.25) is 0 Å². The van der Waals surface area contributed by atoms with Crippen LogP contribution in [0.3, 0.4) is 0 Å². The molecule has 1 N–H and O–H groups in total. The number of esters is 1. The van der Waals surface area contributed by atoms with Crippen molar-refractivity contribution in [1.82, 2.24) is 14.9 Å². The lowest BCUT2D eigenvalue weighted by Gasteiger charge is -2.29. The predicted molar refractivity (Wildman–Crippen MR) is 146 cm³/mol. The maximum atomic E-state index is 12.6. The molecule has 7 nitrogen and oxygen atoms in total. The van der Waals surface area contributed by atoms with Crippen molar-refractivity contribution in [1.29, 1.82) is 0 Å². The van der Waals surface area contributed by atoms with Crippen LogP contribution in [0.5, 0.6) is 0 Å². The second kappa shape index (κ2) is 9.83. The van der Waals surface area contributed by atoms with Crippen LogP contribution in [0.1, 0.15) is 33.8 Å². The van der Waals surface area contributed by atoms with E-state index >= 15 is 0 Å². The number of nitrogens with one attached hydrogen (secondary N) is 1. The van der Waals surface area contributed by atoms with Gasteiger partial charge in [0.2, 0.25) is 0 Å². The molecule has 5 rings (SSSR count). The molecule has 2 aromatic carbocycles. The number of carbonyl (C=O) groups excluding carboxylic acids is 1. The number of benzene rings is 2. The van der Waals surface area contributed by atoms with Crippen LogP contribution >= 0.6 is 12.2 Å². The number of hydrogen-bond acceptors (Lipinski definition) is 5. The van der Waals surface area contributed by atoms with E-state index in [1.54, 1.807) is 12.3 Å². The van der Waals surface area contributed by atoms with Gasteiger partial charge in [0.05, 0.1) is 30.1 Å². The number of thiocarbonyl (C=S) groups is 1. The molecule has 36 heavy (non-hydrogen) atoms. The van der Waals surface area contributed by atoms with Gasteiger partial charge in [0.15, 0.2) is 5.11 Å². The number of rotatable bonds is 6. The zero-order valence-electron chi connectivity index (χ0n) is 20.3. The van der Waals surface area contributed by atoms with Gasteiger partial charge in [-0.3, -0.25) is 4.98 Å². The second-order valence-corrected chi connectivity index (χ2v) is 9.11. The molecule has 1 aliphatic heterocycles. The summed E-state index contributed by atoms with van der Waals surface area (Å²) in [5.41, 5.74) is 5.14. The summed E-state index contributed by atoms with van der Waals surface area (Å²) >= 11 is 5.87. The van der Waals surface area contributed by atoms with Crippen molar-refractivity contribution in [2.45, 2.75) is 12.1 Å². The van der Waals surface area contributed by atoms with Crippen LogP contribution < -0.4 is 15.1 Å². The lowest BCUT2D eigenvalue weighted by atomic mass is 10.0. The Labute approximate surface area is 215 Å². The largest absolute Gasteiger partial charge is 0.465 e. The number of pyridine rings is 1. The van der Waals surface area contributed by atoms with E-state index in [0.29, 0.717) is 10.7 Å². The monoisotopic (exact) mass is 497 g/mol. The molecule has 2 unspecified atom stereocenters. The molecule has 1 aliphatic rings. The minimum absolute atomic E-state index is 0.203. The average Bonchev–Trinajstić information content (AvgIpc) is 3.53. The van der Waals surface area contributed by atoms with Gasteiger partial charge in [-0.2, -0.15) is 0 Å². The van der Waals surface area contributed by atoms with Crippen LogP contribution in [-0.2, 0) is 4.74 Å². The molecule has 1 saturated heterocycles. The standard InChI is InChI=1S/C28H27N5O2S/c1-31(2)19-13-15-20(16-14-19)33-26(25(30-28(33)36)22-10-6-7-17-29-22)24-12-8-18-32(24)23-11-5-4-9-21(23)27(34)35-3/h4-18,25-26H,1-3H3,(H,30,36). The number of nitrogens with zero attached hydrogens (tertiary/aromatic N) is 4. The topological polar surface area (TPSA) is 62.6 Å². The molecule has 2 atom stereocenters. The third-order valence-corrected chi connectivity index (χ3v) is 6.71. The smallest absolute Gasteiger partial charge is 0.339 e. The number of aromatic nitrogens is 2. The van der Waals surface area contributed by atoms with Crippen molar-refractivity contribution in [3.63, 3.8) is 0 Å². The molecular weight excluding hydrogens is 470 g/mol. The Morgan fingerprint density at radius 3 is 2.44 bits per heavy atom.